The quantitative estimate of drug-likeness (QED) is 0.804. The van der Waals surface area contributed by atoms with Crippen LogP contribution in [0, 0.1) is 0 Å². The highest BCUT2D eigenvalue weighted by atomic mass is 35.5. The van der Waals surface area contributed by atoms with Gasteiger partial charge in [0.05, 0.1) is 11.7 Å². The highest BCUT2D eigenvalue weighted by molar-refractivity contribution is 6.31. The number of nitrogens with zero attached hydrogens (tertiary/aromatic N) is 2. The second-order valence-corrected chi connectivity index (χ2v) is 5.16. The van der Waals surface area contributed by atoms with Crippen molar-refractivity contribution in [1.82, 2.24) is 15.1 Å². The first-order valence-corrected chi connectivity index (χ1v) is 7.07. The van der Waals surface area contributed by atoms with Crippen molar-refractivity contribution in [2.45, 2.75) is 6.42 Å². The molecule has 0 atom stereocenters. The summed E-state index contributed by atoms with van der Waals surface area (Å²) in [7, 11) is 0. The fraction of sp³-hybridized carbons (Fsp3) is 0.125. The highest BCUT2D eigenvalue weighted by Gasteiger charge is 2.09. The number of fused-ring (bicyclic) bond motifs is 1. The zero-order valence-corrected chi connectivity index (χ0v) is 12.0. The number of hydrogen-bond donors (Lipinski definition) is 1. The van der Waals surface area contributed by atoms with Crippen LogP contribution in [0.5, 0.6) is 0 Å². The molecule has 0 saturated carbocycles. The molecule has 3 rings (SSSR count). The van der Waals surface area contributed by atoms with Crippen LogP contribution in [0.4, 0.5) is 4.79 Å². The van der Waals surface area contributed by atoms with E-state index in [1.54, 1.807) is 24.4 Å². The minimum atomic E-state index is -0.233. The first-order valence-electron chi connectivity index (χ1n) is 6.69. The number of benzene rings is 2. The number of carbonyl (C=O) groups excluding carboxylic acids is 1. The Morgan fingerprint density at radius 1 is 1.19 bits per heavy atom. The third-order valence-electron chi connectivity index (χ3n) is 3.26. The topological polar surface area (TPSA) is 46.9 Å². The Kier molecular flexibility index (Phi) is 3.88. The van der Waals surface area contributed by atoms with E-state index in [4.69, 9.17) is 11.6 Å². The van der Waals surface area contributed by atoms with Crippen LogP contribution in [0.2, 0.25) is 5.02 Å². The van der Waals surface area contributed by atoms with Gasteiger partial charge in [0.15, 0.2) is 0 Å². The Morgan fingerprint density at radius 3 is 2.81 bits per heavy atom. The molecule has 0 saturated heterocycles. The van der Waals surface area contributed by atoms with Gasteiger partial charge in [0.2, 0.25) is 0 Å². The lowest BCUT2D eigenvalue weighted by Crippen LogP contribution is -2.30. The maximum Gasteiger partial charge on any atom is 0.342 e. The third-order valence-corrected chi connectivity index (χ3v) is 3.49. The van der Waals surface area contributed by atoms with E-state index in [0.717, 1.165) is 17.3 Å². The molecule has 0 aliphatic rings. The summed E-state index contributed by atoms with van der Waals surface area (Å²) in [5.74, 6) is 0. The molecule has 1 N–H and O–H groups in total. The van der Waals surface area contributed by atoms with Crippen molar-refractivity contribution < 1.29 is 4.79 Å². The van der Waals surface area contributed by atoms with E-state index in [9.17, 15) is 4.79 Å². The van der Waals surface area contributed by atoms with Gasteiger partial charge in [0.25, 0.3) is 0 Å². The van der Waals surface area contributed by atoms with Gasteiger partial charge in [-0.25, -0.2) is 4.79 Å². The molecule has 1 aromatic heterocycles. The number of aromatic nitrogens is 2. The van der Waals surface area contributed by atoms with Crippen LogP contribution in [-0.2, 0) is 6.42 Å². The standard InChI is InChI=1S/C16H14ClN3O/c17-14-6-7-15-13(10-14)11-19-20(15)16(21)18-9-8-12-4-2-1-3-5-12/h1-7,10-11H,8-9H2,(H,18,21). The van der Waals surface area contributed by atoms with Gasteiger partial charge in [-0.3, -0.25) is 0 Å². The average molecular weight is 300 g/mol. The summed E-state index contributed by atoms with van der Waals surface area (Å²) in [5.41, 5.74) is 1.94. The number of amides is 1. The normalized spacial score (nSPS) is 10.7. The first kappa shape index (κ1) is 13.6. The first-order chi connectivity index (χ1) is 10.2. The molecule has 3 aromatic rings. The lowest BCUT2D eigenvalue weighted by Gasteiger charge is -2.06. The van der Waals surface area contributed by atoms with Crippen molar-refractivity contribution in [1.29, 1.82) is 0 Å². The van der Waals surface area contributed by atoms with Gasteiger partial charge >= 0.3 is 6.03 Å². The molecule has 0 aliphatic heterocycles. The molecule has 0 unspecified atom stereocenters. The van der Waals surface area contributed by atoms with E-state index in [1.807, 2.05) is 30.3 Å². The Morgan fingerprint density at radius 2 is 2.00 bits per heavy atom. The van der Waals surface area contributed by atoms with Crippen LogP contribution < -0.4 is 5.32 Å². The zero-order valence-electron chi connectivity index (χ0n) is 11.3. The maximum atomic E-state index is 12.2. The summed E-state index contributed by atoms with van der Waals surface area (Å²) in [6.07, 6.45) is 2.43. The number of carbonyl (C=O) groups is 1. The van der Waals surface area contributed by atoms with Gasteiger partial charge < -0.3 is 5.32 Å². The Hall–Kier alpha value is -2.33. The predicted octanol–water partition coefficient (Wildman–Crippen LogP) is 3.49. The van der Waals surface area contributed by atoms with Crippen LogP contribution >= 0.6 is 11.6 Å². The van der Waals surface area contributed by atoms with Gasteiger partial charge in [0.1, 0.15) is 0 Å². The Balaban J connectivity index is 1.67. The molecule has 0 radical (unpaired) electrons. The molecular formula is C16H14ClN3O. The van der Waals surface area contributed by atoms with Gasteiger partial charge in [-0.05, 0) is 30.2 Å². The molecule has 1 amide bonds. The summed E-state index contributed by atoms with van der Waals surface area (Å²) >= 11 is 5.92. The van der Waals surface area contributed by atoms with E-state index in [-0.39, 0.29) is 6.03 Å². The number of nitrogens with one attached hydrogen (secondary N) is 1. The van der Waals surface area contributed by atoms with Crippen LogP contribution in [0.1, 0.15) is 5.56 Å². The van der Waals surface area contributed by atoms with Gasteiger partial charge in [-0.15, -0.1) is 0 Å². The summed E-state index contributed by atoms with van der Waals surface area (Å²) in [5, 5.41) is 8.46. The summed E-state index contributed by atoms with van der Waals surface area (Å²) < 4.78 is 1.36. The van der Waals surface area contributed by atoms with Crippen LogP contribution in [-0.4, -0.2) is 22.4 Å². The number of halogens is 1. The molecule has 0 aliphatic carbocycles. The summed E-state index contributed by atoms with van der Waals surface area (Å²) in [6.45, 7) is 0.567. The van der Waals surface area contributed by atoms with Crippen molar-refractivity contribution in [3.8, 4) is 0 Å². The van der Waals surface area contributed by atoms with E-state index in [0.29, 0.717) is 11.6 Å². The molecule has 5 heteroatoms. The van der Waals surface area contributed by atoms with E-state index in [2.05, 4.69) is 10.4 Å². The molecular weight excluding hydrogens is 286 g/mol. The van der Waals surface area contributed by atoms with Crippen LogP contribution in [0.15, 0.2) is 54.7 Å². The monoisotopic (exact) mass is 299 g/mol. The van der Waals surface area contributed by atoms with Crippen molar-refractivity contribution in [2.24, 2.45) is 0 Å². The van der Waals surface area contributed by atoms with Crippen LogP contribution in [0.3, 0.4) is 0 Å². The second-order valence-electron chi connectivity index (χ2n) is 4.73. The number of hydrogen-bond acceptors (Lipinski definition) is 2. The molecule has 0 spiro atoms. The lowest BCUT2D eigenvalue weighted by atomic mass is 10.1. The summed E-state index contributed by atoms with van der Waals surface area (Å²) in [4.78, 5) is 12.2. The van der Waals surface area contributed by atoms with Crippen molar-refractivity contribution in [2.75, 3.05) is 6.54 Å². The van der Waals surface area contributed by atoms with E-state index >= 15 is 0 Å². The van der Waals surface area contributed by atoms with Gasteiger partial charge in [0, 0.05) is 17.0 Å². The summed E-state index contributed by atoms with van der Waals surface area (Å²) in [6, 6.07) is 15.1. The molecule has 4 nitrogen and oxygen atoms in total. The molecule has 2 aromatic carbocycles. The van der Waals surface area contributed by atoms with Gasteiger partial charge in [-0.1, -0.05) is 41.9 Å². The average Bonchev–Trinajstić information content (AvgIpc) is 2.91. The largest absolute Gasteiger partial charge is 0.342 e. The van der Waals surface area contributed by atoms with Crippen molar-refractivity contribution in [3.05, 3.63) is 65.3 Å². The highest BCUT2D eigenvalue weighted by Crippen LogP contribution is 2.18. The molecule has 1 heterocycles. The predicted molar refractivity (Wildman–Crippen MR) is 83.7 cm³/mol. The lowest BCUT2D eigenvalue weighted by molar-refractivity contribution is 0.240. The van der Waals surface area contributed by atoms with E-state index in [1.165, 1.54) is 10.2 Å². The fourth-order valence-electron chi connectivity index (χ4n) is 2.20. The minimum absolute atomic E-state index is 0.233. The van der Waals surface area contributed by atoms with Crippen LogP contribution in [0.25, 0.3) is 10.9 Å². The minimum Gasteiger partial charge on any atom is -0.336 e. The smallest absolute Gasteiger partial charge is 0.336 e. The van der Waals surface area contributed by atoms with Gasteiger partial charge in [-0.2, -0.15) is 9.78 Å². The Labute approximate surface area is 127 Å². The van der Waals surface area contributed by atoms with Crippen molar-refractivity contribution in [3.63, 3.8) is 0 Å². The zero-order chi connectivity index (χ0) is 14.7. The molecule has 0 bridgehead atoms. The number of rotatable bonds is 3. The second kappa shape index (κ2) is 5.97. The fourth-order valence-corrected chi connectivity index (χ4v) is 2.38. The molecule has 0 fully saturated rings. The Bertz CT molecular complexity index is 768. The third kappa shape index (κ3) is 3.06. The maximum absolute atomic E-state index is 12.2. The van der Waals surface area contributed by atoms with Crippen molar-refractivity contribution >= 4 is 28.5 Å². The van der Waals surface area contributed by atoms with E-state index < -0.39 is 0 Å². The SMILES string of the molecule is O=C(NCCc1ccccc1)n1ncc2cc(Cl)ccc21. The molecule has 21 heavy (non-hydrogen) atoms. The molecule has 106 valence electrons.